The molecule has 0 saturated carbocycles. The molecule has 0 unspecified atom stereocenters. The summed E-state index contributed by atoms with van der Waals surface area (Å²) in [5.41, 5.74) is 0. The lowest BCUT2D eigenvalue weighted by Crippen LogP contribution is -2.74. The first-order valence-electron chi connectivity index (χ1n) is 14.6. The van der Waals surface area contributed by atoms with Crippen molar-refractivity contribution in [2.75, 3.05) is 19.7 Å². The molecule has 0 fully saturated rings. The van der Waals surface area contributed by atoms with Gasteiger partial charge in [0.1, 0.15) is 6.54 Å². The number of carbonyl (C=O) groups is 2. The Bertz CT molecular complexity index is 940. The quantitative estimate of drug-likeness (QED) is 0.0603. The van der Waals surface area contributed by atoms with Gasteiger partial charge in [0.2, 0.25) is 0 Å². The van der Waals surface area contributed by atoms with Gasteiger partial charge in [0.15, 0.2) is 0 Å². The topological polar surface area (TPSA) is 46.6 Å². The third-order valence-electron chi connectivity index (χ3n) is 7.10. The first-order chi connectivity index (χ1) is 20.8. The summed E-state index contributed by atoms with van der Waals surface area (Å²) in [5.74, 6) is -53.6. The number of likely N-dealkylation sites (N-methyl/N-ethyl adjacent to an activating group) is 1. The smallest absolute Gasteiger partial charge is 0.460 e. The summed E-state index contributed by atoms with van der Waals surface area (Å²) in [4.78, 5) is 23.2. The van der Waals surface area contributed by atoms with Crippen LogP contribution in [0.25, 0.3) is 0 Å². The monoisotopic (exact) mass is 709 g/mol. The van der Waals surface area contributed by atoms with Gasteiger partial charge in [0, 0.05) is 6.54 Å². The Morgan fingerprint density at radius 3 is 1.22 bits per heavy atom. The fourth-order valence-corrected chi connectivity index (χ4v) is 4.13. The second-order valence-corrected chi connectivity index (χ2v) is 10.7. The molecule has 0 bridgehead atoms. The van der Waals surface area contributed by atoms with Crippen molar-refractivity contribution in [3.05, 3.63) is 0 Å². The summed E-state index contributed by atoms with van der Waals surface area (Å²) in [6.45, 7) is -0.354. The Morgan fingerprint density at radius 2 is 0.848 bits per heavy atom. The lowest BCUT2D eigenvalue weighted by atomic mass is 9.90. The van der Waals surface area contributed by atoms with Gasteiger partial charge in [-0.25, -0.2) is 0 Å². The Morgan fingerprint density at radius 1 is 0.500 bits per heavy atom. The molecule has 0 heterocycles. The van der Waals surface area contributed by atoms with E-state index in [0.29, 0.717) is 13.3 Å². The largest absolute Gasteiger partial charge is 0.464 e. The van der Waals surface area contributed by atoms with E-state index in [1.807, 2.05) is 0 Å². The molecule has 0 aliphatic heterocycles. The fourth-order valence-electron chi connectivity index (χ4n) is 4.13. The average molecular weight is 710 g/mol. The summed E-state index contributed by atoms with van der Waals surface area (Å²) in [6, 6.07) is 0. The van der Waals surface area contributed by atoms with Crippen LogP contribution in [0.1, 0.15) is 97.3 Å². The number of hydrogen-bond acceptors (Lipinski definition) is 3. The fraction of sp³-hybridized carbons (Fsp3) is 0.926. The molecule has 0 aliphatic carbocycles. The van der Waals surface area contributed by atoms with Crippen LogP contribution in [0.2, 0.25) is 0 Å². The van der Waals surface area contributed by atoms with Gasteiger partial charge in [-0.3, -0.25) is 9.59 Å². The van der Waals surface area contributed by atoms with Crippen molar-refractivity contribution < 1.29 is 80.2 Å². The summed E-state index contributed by atoms with van der Waals surface area (Å²) in [7, 11) is 0. The number of carbonyl (C=O) groups excluding carboxylic acids is 2. The van der Waals surface area contributed by atoms with E-state index in [1.54, 1.807) is 0 Å². The van der Waals surface area contributed by atoms with Gasteiger partial charge in [-0.1, -0.05) is 84.0 Å². The van der Waals surface area contributed by atoms with Gasteiger partial charge in [-0.05, 0) is 13.3 Å². The Balaban J connectivity index is 5.14. The number of rotatable bonds is 23. The third-order valence-corrected chi connectivity index (χ3v) is 7.10. The lowest BCUT2D eigenvalue weighted by Gasteiger charge is -2.41. The zero-order valence-corrected chi connectivity index (χ0v) is 25.2. The molecule has 4 nitrogen and oxygen atoms in total. The van der Waals surface area contributed by atoms with Crippen LogP contribution in [0.15, 0.2) is 0 Å². The van der Waals surface area contributed by atoms with Crippen LogP contribution >= 0.6 is 0 Å². The molecule has 0 aromatic rings. The number of amides is 1. The number of esters is 1. The summed E-state index contributed by atoms with van der Waals surface area (Å²) < 4.78 is 206. The molecule has 46 heavy (non-hydrogen) atoms. The van der Waals surface area contributed by atoms with Crippen molar-refractivity contribution in [2.24, 2.45) is 0 Å². The second kappa shape index (κ2) is 17.3. The van der Waals surface area contributed by atoms with Crippen LogP contribution < -0.4 is 0 Å². The van der Waals surface area contributed by atoms with Crippen molar-refractivity contribution in [2.45, 2.75) is 139 Å². The Kier molecular flexibility index (Phi) is 16.5. The minimum absolute atomic E-state index is 0.232. The number of ether oxygens (including phenoxy) is 1. The first kappa shape index (κ1) is 43.9. The maximum Gasteiger partial charge on any atom is 0.460 e. The normalized spacial score (nSPS) is 14.0. The van der Waals surface area contributed by atoms with Crippen LogP contribution in [0.3, 0.4) is 0 Å². The van der Waals surface area contributed by atoms with Crippen LogP contribution in [-0.4, -0.2) is 78.2 Å². The van der Waals surface area contributed by atoms with E-state index in [9.17, 15) is 75.4 Å². The summed E-state index contributed by atoms with van der Waals surface area (Å²) >= 11 is 0. The molecule has 0 rings (SSSR count). The van der Waals surface area contributed by atoms with Crippen molar-refractivity contribution in [3.8, 4) is 0 Å². The Hall–Kier alpha value is -2.11. The highest BCUT2D eigenvalue weighted by atomic mass is 19.4. The highest BCUT2D eigenvalue weighted by Gasteiger charge is 2.94. The van der Waals surface area contributed by atoms with Gasteiger partial charge in [0.05, 0.1) is 6.61 Å². The maximum absolute atomic E-state index is 14.3. The van der Waals surface area contributed by atoms with Crippen LogP contribution in [0.4, 0.5) is 65.9 Å². The van der Waals surface area contributed by atoms with Crippen molar-refractivity contribution in [3.63, 3.8) is 0 Å². The second-order valence-electron chi connectivity index (χ2n) is 10.7. The highest BCUT2D eigenvalue weighted by Crippen LogP contribution is 2.62. The molecular weight excluding hydrogens is 671 g/mol. The van der Waals surface area contributed by atoms with E-state index in [0.717, 1.165) is 44.9 Å². The predicted molar refractivity (Wildman–Crippen MR) is 135 cm³/mol. The maximum atomic E-state index is 14.3. The van der Waals surface area contributed by atoms with E-state index < -0.39 is 71.6 Å². The van der Waals surface area contributed by atoms with E-state index in [4.69, 9.17) is 0 Å². The minimum atomic E-state index is -8.50. The molecular formula is C27H38F15NO3. The molecule has 0 N–H and O–H groups in total. The number of nitrogens with zero attached hydrogens (tertiary/aromatic N) is 1. The summed E-state index contributed by atoms with van der Waals surface area (Å²) in [5, 5.41) is 0. The van der Waals surface area contributed by atoms with Crippen molar-refractivity contribution in [1.29, 1.82) is 0 Å². The average Bonchev–Trinajstić information content (AvgIpc) is 2.94. The van der Waals surface area contributed by atoms with Crippen LogP contribution in [-0.2, 0) is 14.3 Å². The SMILES string of the molecule is CCCCCCCCCCCCCCCOC(=O)CN(CC)C(=O)C(F)(F)C(F)(F)C(F)(F)C(F)(F)C(F)(F)C(F)(F)C(F)(F)F. The first-order valence-corrected chi connectivity index (χ1v) is 14.6. The number of unbranched alkanes of at least 4 members (excludes halogenated alkanes) is 12. The standard InChI is InChI=1S/C27H38F15NO3/c1-3-5-6-7-8-9-10-11-12-13-14-15-16-17-46-19(44)18-43(4-2)20(45)21(28,29)22(30,31)23(32,33)24(34,35)25(36,37)26(38,39)27(40,41)42/h3-18H2,1-2H3. The Labute approximate surface area is 256 Å². The zero-order chi connectivity index (χ0) is 36.3. The van der Waals surface area contributed by atoms with Gasteiger partial charge in [-0.15, -0.1) is 0 Å². The van der Waals surface area contributed by atoms with Gasteiger partial charge in [-0.2, -0.15) is 65.9 Å². The van der Waals surface area contributed by atoms with Crippen molar-refractivity contribution in [1.82, 2.24) is 4.90 Å². The number of halogens is 15. The minimum Gasteiger partial charge on any atom is -0.464 e. The lowest BCUT2D eigenvalue weighted by molar-refractivity contribution is -0.449. The third kappa shape index (κ3) is 9.95. The molecule has 0 aliphatic rings. The van der Waals surface area contributed by atoms with Gasteiger partial charge >= 0.3 is 47.7 Å². The summed E-state index contributed by atoms with van der Waals surface area (Å²) in [6.07, 6.45) is 4.76. The van der Waals surface area contributed by atoms with Crippen LogP contribution in [0, 0.1) is 0 Å². The van der Waals surface area contributed by atoms with E-state index >= 15 is 0 Å². The molecule has 1 amide bonds. The molecule has 0 radical (unpaired) electrons. The highest BCUT2D eigenvalue weighted by molar-refractivity contribution is 5.88. The number of hydrogen-bond donors (Lipinski definition) is 0. The molecule has 0 aromatic carbocycles. The van der Waals surface area contributed by atoms with E-state index in [1.165, 1.54) is 25.7 Å². The van der Waals surface area contributed by atoms with Crippen LogP contribution in [0.5, 0.6) is 0 Å². The van der Waals surface area contributed by atoms with Crippen molar-refractivity contribution >= 4 is 11.9 Å². The van der Waals surface area contributed by atoms with Gasteiger partial charge in [0.25, 0.3) is 5.91 Å². The van der Waals surface area contributed by atoms with E-state index in [-0.39, 0.29) is 13.0 Å². The van der Waals surface area contributed by atoms with E-state index in [2.05, 4.69) is 11.7 Å². The molecule has 19 heteroatoms. The molecule has 0 saturated heterocycles. The van der Waals surface area contributed by atoms with Gasteiger partial charge < -0.3 is 9.64 Å². The predicted octanol–water partition coefficient (Wildman–Crippen LogP) is 9.84. The molecule has 274 valence electrons. The number of alkyl halides is 15. The molecule has 0 spiro atoms. The molecule has 0 atom stereocenters. The molecule has 0 aromatic heterocycles. The zero-order valence-electron chi connectivity index (χ0n) is 25.2.